The average molecular weight is 318 g/mol. The van der Waals surface area contributed by atoms with Gasteiger partial charge in [0.25, 0.3) is 10.1 Å². The van der Waals surface area contributed by atoms with Crippen molar-refractivity contribution in [2.45, 2.75) is 43.4 Å². The van der Waals surface area contributed by atoms with Crippen LogP contribution in [0.3, 0.4) is 0 Å². The summed E-state index contributed by atoms with van der Waals surface area (Å²) in [6.07, 6.45) is 2.07. The normalized spacial score (nSPS) is 14.5. The van der Waals surface area contributed by atoms with E-state index in [0.717, 1.165) is 18.4 Å². The lowest BCUT2D eigenvalue weighted by molar-refractivity contribution is 0.483. The Morgan fingerprint density at radius 1 is 0.955 bits per heavy atom. The van der Waals surface area contributed by atoms with Crippen molar-refractivity contribution in [3.8, 4) is 0 Å². The largest absolute Gasteiger partial charge is 0.294 e. The van der Waals surface area contributed by atoms with Gasteiger partial charge in [-0.2, -0.15) is 8.42 Å². The van der Waals surface area contributed by atoms with Gasteiger partial charge in [0, 0.05) is 0 Å². The molecule has 3 nitrogen and oxygen atoms in total. The molecule has 2 rings (SSSR count). The molecule has 0 heterocycles. The molecule has 2 unspecified atom stereocenters. The second kappa shape index (κ2) is 7.07. The van der Waals surface area contributed by atoms with Crippen molar-refractivity contribution in [2.24, 2.45) is 0 Å². The molecule has 0 saturated carbocycles. The van der Waals surface area contributed by atoms with Crippen molar-refractivity contribution < 1.29 is 13.0 Å². The monoisotopic (exact) mass is 318 g/mol. The van der Waals surface area contributed by atoms with Crippen LogP contribution in [-0.4, -0.2) is 13.0 Å². The van der Waals surface area contributed by atoms with E-state index in [0.29, 0.717) is 11.8 Å². The third-order valence-electron chi connectivity index (χ3n) is 4.15. The van der Waals surface area contributed by atoms with Crippen LogP contribution in [0.15, 0.2) is 59.5 Å². The predicted molar refractivity (Wildman–Crippen MR) is 88.8 cm³/mol. The SMILES string of the molecule is CCC(CC(C)c1ccc(S(=O)(=O)O)cc1)c1ccccc1. The summed E-state index contributed by atoms with van der Waals surface area (Å²) in [6.45, 7) is 4.33. The fraction of sp³-hybridized carbons (Fsp3) is 0.333. The summed E-state index contributed by atoms with van der Waals surface area (Å²) in [7, 11) is -4.12. The summed E-state index contributed by atoms with van der Waals surface area (Å²) in [6, 6.07) is 16.9. The van der Waals surface area contributed by atoms with Gasteiger partial charge in [-0.1, -0.05) is 56.3 Å². The van der Waals surface area contributed by atoms with E-state index in [1.165, 1.54) is 17.7 Å². The van der Waals surface area contributed by atoms with Crippen molar-refractivity contribution >= 4 is 10.1 Å². The lowest BCUT2D eigenvalue weighted by Crippen LogP contribution is -2.04. The van der Waals surface area contributed by atoms with E-state index in [1.807, 2.05) is 6.07 Å². The minimum Gasteiger partial charge on any atom is -0.282 e. The maximum Gasteiger partial charge on any atom is 0.294 e. The number of hydrogen-bond acceptors (Lipinski definition) is 2. The van der Waals surface area contributed by atoms with Gasteiger partial charge in [0.1, 0.15) is 0 Å². The van der Waals surface area contributed by atoms with Crippen LogP contribution < -0.4 is 0 Å². The van der Waals surface area contributed by atoms with Crippen LogP contribution >= 0.6 is 0 Å². The van der Waals surface area contributed by atoms with Gasteiger partial charge in [0.15, 0.2) is 0 Å². The molecule has 0 saturated heterocycles. The molecule has 4 heteroatoms. The molecule has 0 radical (unpaired) electrons. The molecule has 0 fully saturated rings. The molecule has 2 aromatic carbocycles. The highest BCUT2D eigenvalue weighted by Gasteiger charge is 2.16. The first-order valence-corrected chi connectivity index (χ1v) is 8.98. The molecular weight excluding hydrogens is 296 g/mol. The van der Waals surface area contributed by atoms with Gasteiger partial charge < -0.3 is 0 Å². The van der Waals surface area contributed by atoms with Crippen LogP contribution in [0.4, 0.5) is 0 Å². The van der Waals surface area contributed by atoms with Crippen LogP contribution in [0, 0.1) is 0 Å². The quantitative estimate of drug-likeness (QED) is 0.791. The Morgan fingerprint density at radius 2 is 1.55 bits per heavy atom. The Balaban J connectivity index is 2.12. The molecule has 0 aliphatic rings. The van der Waals surface area contributed by atoms with Crippen molar-refractivity contribution in [3.63, 3.8) is 0 Å². The topological polar surface area (TPSA) is 54.4 Å². The minimum atomic E-state index is -4.12. The Morgan fingerprint density at radius 3 is 2.05 bits per heavy atom. The lowest BCUT2D eigenvalue weighted by Gasteiger charge is -2.20. The van der Waals surface area contributed by atoms with Crippen LogP contribution in [0.2, 0.25) is 0 Å². The Labute approximate surface area is 132 Å². The summed E-state index contributed by atoms with van der Waals surface area (Å²) < 4.78 is 31.2. The van der Waals surface area contributed by atoms with Gasteiger partial charge >= 0.3 is 0 Å². The Bertz CT molecular complexity index is 691. The van der Waals surface area contributed by atoms with E-state index in [9.17, 15) is 8.42 Å². The summed E-state index contributed by atoms with van der Waals surface area (Å²) in [5, 5.41) is 0. The van der Waals surface area contributed by atoms with Crippen molar-refractivity contribution in [1.82, 2.24) is 0 Å². The fourth-order valence-corrected chi connectivity index (χ4v) is 3.27. The number of hydrogen-bond donors (Lipinski definition) is 1. The molecule has 0 aliphatic heterocycles. The zero-order valence-electron chi connectivity index (χ0n) is 12.9. The highest BCUT2D eigenvalue weighted by molar-refractivity contribution is 7.85. The van der Waals surface area contributed by atoms with E-state index in [1.54, 1.807) is 12.1 Å². The molecule has 2 atom stereocenters. The van der Waals surface area contributed by atoms with E-state index < -0.39 is 10.1 Å². The molecule has 0 aliphatic carbocycles. The van der Waals surface area contributed by atoms with Gasteiger partial charge in [0.2, 0.25) is 0 Å². The molecule has 22 heavy (non-hydrogen) atoms. The number of rotatable bonds is 6. The molecule has 2 aromatic rings. The van der Waals surface area contributed by atoms with Crippen molar-refractivity contribution in [3.05, 3.63) is 65.7 Å². The van der Waals surface area contributed by atoms with E-state index in [2.05, 4.69) is 38.1 Å². The molecular formula is C18H22O3S. The highest BCUT2D eigenvalue weighted by Crippen LogP contribution is 2.32. The van der Waals surface area contributed by atoms with E-state index in [-0.39, 0.29) is 4.90 Å². The predicted octanol–water partition coefficient (Wildman–Crippen LogP) is 4.62. The Kier molecular flexibility index (Phi) is 5.37. The zero-order valence-corrected chi connectivity index (χ0v) is 13.8. The second-order valence-corrected chi connectivity index (χ2v) is 7.12. The third-order valence-corrected chi connectivity index (χ3v) is 5.02. The smallest absolute Gasteiger partial charge is 0.282 e. The summed E-state index contributed by atoms with van der Waals surface area (Å²) in [4.78, 5) is -0.0569. The van der Waals surface area contributed by atoms with Gasteiger partial charge in [-0.3, -0.25) is 4.55 Å². The molecule has 0 spiro atoms. The van der Waals surface area contributed by atoms with E-state index in [4.69, 9.17) is 4.55 Å². The molecule has 0 amide bonds. The standard InChI is InChI=1S/C18H22O3S/c1-3-15(17-7-5-4-6-8-17)13-14(2)16-9-11-18(12-10-16)22(19,20)21/h4-12,14-15H,3,13H2,1-2H3,(H,19,20,21). The van der Waals surface area contributed by atoms with Gasteiger partial charge in [-0.15, -0.1) is 0 Å². The van der Waals surface area contributed by atoms with Gasteiger partial charge in [-0.05, 0) is 47.9 Å². The van der Waals surface area contributed by atoms with Gasteiger partial charge in [0.05, 0.1) is 4.90 Å². The maximum atomic E-state index is 11.1. The number of benzene rings is 2. The average Bonchev–Trinajstić information content (AvgIpc) is 2.52. The summed E-state index contributed by atoms with van der Waals surface area (Å²) in [5.74, 6) is 0.804. The first-order chi connectivity index (χ1) is 10.4. The molecule has 0 aromatic heterocycles. The molecule has 118 valence electrons. The second-order valence-electron chi connectivity index (χ2n) is 5.70. The summed E-state index contributed by atoms with van der Waals surface area (Å²) >= 11 is 0. The maximum absolute atomic E-state index is 11.1. The first kappa shape index (κ1) is 16.7. The summed E-state index contributed by atoms with van der Waals surface area (Å²) in [5.41, 5.74) is 2.42. The zero-order chi connectivity index (χ0) is 16.2. The van der Waals surface area contributed by atoms with Crippen molar-refractivity contribution in [2.75, 3.05) is 0 Å². The highest BCUT2D eigenvalue weighted by atomic mass is 32.2. The van der Waals surface area contributed by atoms with Crippen LogP contribution in [-0.2, 0) is 10.1 Å². The third kappa shape index (κ3) is 4.18. The fourth-order valence-electron chi connectivity index (χ4n) is 2.79. The molecule has 1 N–H and O–H groups in total. The van der Waals surface area contributed by atoms with Gasteiger partial charge in [-0.25, -0.2) is 0 Å². The van der Waals surface area contributed by atoms with Crippen LogP contribution in [0.5, 0.6) is 0 Å². The van der Waals surface area contributed by atoms with Crippen LogP contribution in [0.1, 0.15) is 49.7 Å². The molecule has 0 bridgehead atoms. The van der Waals surface area contributed by atoms with Crippen LogP contribution in [0.25, 0.3) is 0 Å². The van der Waals surface area contributed by atoms with E-state index >= 15 is 0 Å². The minimum absolute atomic E-state index is 0.0569. The lowest BCUT2D eigenvalue weighted by atomic mass is 9.85. The first-order valence-electron chi connectivity index (χ1n) is 7.54. The Hall–Kier alpha value is -1.65. The van der Waals surface area contributed by atoms with Crippen molar-refractivity contribution in [1.29, 1.82) is 0 Å².